The first kappa shape index (κ1) is 25.2. The lowest BCUT2D eigenvalue weighted by Crippen LogP contribution is -2.30. The van der Waals surface area contributed by atoms with Gasteiger partial charge in [-0.3, -0.25) is 19.3 Å². The normalized spacial score (nSPS) is 15.0. The van der Waals surface area contributed by atoms with E-state index >= 15 is 0 Å². The summed E-state index contributed by atoms with van der Waals surface area (Å²) in [4.78, 5) is 36.9. The highest BCUT2D eigenvalue weighted by Gasteiger charge is 2.34. The number of nitrogens with one attached hydrogen (secondary N) is 1. The quantitative estimate of drug-likeness (QED) is 0.402. The zero-order valence-corrected chi connectivity index (χ0v) is 18.9. The van der Waals surface area contributed by atoms with Crippen molar-refractivity contribution in [2.45, 2.75) is 12.6 Å². The van der Waals surface area contributed by atoms with E-state index in [2.05, 4.69) is 5.32 Å². The molecule has 34 heavy (non-hydrogen) atoms. The molecule has 2 aromatic rings. The first-order valence-corrected chi connectivity index (χ1v) is 10.9. The number of aliphatic carboxylic acids is 1. The van der Waals surface area contributed by atoms with Crippen LogP contribution in [-0.2, 0) is 20.6 Å². The minimum Gasteiger partial charge on any atom is -0.484 e. The van der Waals surface area contributed by atoms with E-state index in [1.165, 1.54) is 17.0 Å². The maximum atomic E-state index is 13.1. The van der Waals surface area contributed by atoms with Gasteiger partial charge in [-0.25, -0.2) is 0 Å². The number of hydrogen-bond acceptors (Lipinski definition) is 6. The molecule has 7 nitrogen and oxygen atoms in total. The third-order valence-electron chi connectivity index (χ3n) is 4.46. The molecule has 2 aromatic carbocycles. The molecule has 3 rings (SSSR count). The van der Waals surface area contributed by atoms with Gasteiger partial charge in [0, 0.05) is 6.54 Å². The van der Waals surface area contributed by atoms with E-state index in [4.69, 9.17) is 22.1 Å². The Morgan fingerprint density at radius 1 is 1.18 bits per heavy atom. The molecule has 1 aliphatic rings. The summed E-state index contributed by atoms with van der Waals surface area (Å²) in [6.07, 6.45) is -3.31. The maximum Gasteiger partial charge on any atom is 0.418 e. The summed E-state index contributed by atoms with van der Waals surface area (Å²) in [6.45, 7) is -0.569. The Balaban J connectivity index is 1.63. The molecule has 1 aliphatic heterocycles. The van der Waals surface area contributed by atoms with Gasteiger partial charge in [0.2, 0.25) is 0 Å². The molecular formula is C22H17F3N2O5S2. The van der Waals surface area contributed by atoms with Gasteiger partial charge in [0.05, 0.1) is 22.6 Å². The SMILES string of the molecule is O=C(O)CCN1C(=O)/C(=C/c2cccc(OCC(=O)Nc3ccccc3C(F)(F)F)c2)SC1=S. The first-order chi connectivity index (χ1) is 16.0. The van der Waals surface area contributed by atoms with Crippen molar-refractivity contribution < 1.29 is 37.4 Å². The number of carboxylic acids is 1. The third kappa shape index (κ3) is 6.58. The van der Waals surface area contributed by atoms with Crippen molar-refractivity contribution in [3.8, 4) is 5.75 Å². The average Bonchev–Trinajstić information content (AvgIpc) is 3.03. The summed E-state index contributed by atoms with van der Waals surface area (Å²) < 4.78 is 44.8. The second-order valence-corrected chi connectivity index (χ2v) is 8.61. The number of hydrogen-bond donors (Lipinski definition) is 2. The molecule has 0 aliphatic carbocycles. The number of benzene rings is 2. The molecule has 1 fully saturated rings. The Morgan fingerprint density at radius 2 is 1.91 bits per heavy atom. The van der Waals surface area contributed by atoms with Crippen LogP contribution in [-0.4, -0.2) is 45.3 Å². The molecule has 0 bridgehead atoms. The number of carboxylic acid groups (broad SMARTS) is 1. The lowest BCUT2D eigenvalue weighted by atomic mass is 10.1. The van der Waals surface area contributed by atoms with E-state index in [9.17, 15) is 27.6 Å². The number of carbonyl (C=O) groups excluding carboxylic acids is 2. The second-order valence-electron chi connectivity index (χ2n) is 6.93. The monoisotopic (exact) mass is 510 g/mol. The highest BCUT2D eigenvalue weighted by atomic mass is 32.2. The zero-order valence-electron chi connectivity index (χ0n) is 17.3. The molecule has 178 valence electrons. The lowest BCUT2D eigenvalue weighted by molar-refractivity contribution is -0.138. The number of halogens is 3. The van der Waals surface area contributed by atoms with Crippen molar-refractivity contribution in [1.29, 1.82) is 0 Å². The van der Waals surface area contributed by atoms with Gasteiger partial charge >= 0.3 is 12.1 Å². The van der Waals surface area contributed by atoms with Crippen LogP contribution in [0, 0.1) is 0 Å². The summed E-state index contributed by atoms with van der Waals surface area (Å²) in [6, 6.07) is 11.0. The van der Waals surface area contributed by atoms with E-state index in [0.29, 0.717) is 10.5 Å². The Hall–Kier alpha value is -3.38. The molecule has 0 atom stereocenters. The maximum absolute atomic E-state index is 13.1. The number of nitrogens with zero attached hydrogens (tertiary/aromatic N) is 1. The molecule has 2 amide bonds. The number of anilines is 1. The van der Waals surface area contributed by atoms with Crippen LogP contribution in [0.1, 0.15) is 17.5 Å². The van der Waals surface area contributed by atoms with Crippen molar-refractivity contribution >= 4 is 57.8 Å². The van der Waals surface area contributed by atoms with E-state index in [1.807, 2.05) is 0 Å². The summed E-state index contributed by atoms with van der Waals surface area (Å²) in [5, 5.41) is 11.0. The van der Waals surface area contributed by atoms with Crippen LogP contribution in [0.5, 0.6) is 5.75 Å². The van der Waals surface area contributed by atoms with Gasteiger partial charge in [-0.1, -0.05) is 48.2 Å². The highest BCUT2D eigenvalue weighted by molar-refractivity contribution is 8.26. The fraction of sp³-hybridized carbons (Fsp3) is 0.182. The molecule has 1 heterocycles. The molecule has 12 heteroatoms. The van der Waals surface area contributed by atoms with Crippen LogP contribution in [0.4, 0.5) is 18.9 Å². The van der Waals surface area contributed by atoms with Crippen LogP contribution >= 0.6 is 24.0 Å². The van der Waals surface area contributed by atoms with Crippen molar-refractivity contribution in [2.24, 2.45) is 0 Å². The first-order valence-electron chi connectivity index (χ1n) is 9.70. The number of thiocarbonyl (C=S) groups is 1. The number of amides is 2. The van der Waals surface area contributed by atoms with Gasteiger partial charge in [-0.15, -0.1) is 0 Å². The van der Waals surface area contributed by atoms with Gasteiger partial charge in [0.15, 0.2) is 6.61 Å². The number of thioether (sulfide) groups is 1. The number of alkyl halides is 3. The Morgan fingerprint density at radius 3 is 2.62 bits per heavy atom. The summed E-state index contributed by atoms with van der Waals surface area (Å²) >= 11 is 6.18. The largest absolute Gasteiger partial charge is 0.484 e. The smallest absolute Gasteiger partial charge is 0.418 e. The molecule has 2 N–H and O–H groups in total. The average molecular weight is 511 g/mol. The van der Waals surface area contributed by atoms with Crippen LogP contribution < -0.4 is 10.1 Å². The van der Waals surface area contributed by atoms with Crippen molar-refractivity contribution in [1.82, 2.24) is 4.90 Å². The summed E-state index contributed by atoms with van der Waals surface area (Å²) in [5.41, 5.74) is -0.785. The van der Waals surface area contributed by atoms with Gasteiger partial charge in [0.25, 0.3) is 11.8 Å². The number of carbonyl (C=O) groups is 3. The topological polar surface area (TPSA) is 95.9 Å². The zero-order chi connectivity index (χ0) is 24.9. The molecule has 0 saturated carbocycles. The van der Waals surface area contributed by atoms with E-state index in [0.717, 1.165) is 23.9 Å². The standard InChI is InChI=1S/C22H17F3N2O5S2/c23-22(24,25)15-6-1-2-7-16(15)26-18(28)12-32-14-5-3-4-13(10-14)11-17-20(31)27(21(33)34-17)9-8-19(29)30/h1-7,10-11H,8-9,12H2,(H,26,28)(H,29,30)/b17-11-. The number of ether oxygens (including phenoxy) is 1. The van der Waals surface area contributed by atoms with Crippen molar-refractivity contribution in [3.05, 3.63) is 64.6 Å². The predicted octanol–water partition coefficient (Wildman–Crippen LogP) is 4.40. The fourth-order valence-electron chi connectivity index (χ4n) is 2.92. The van der Waals surface area contributed by atoms with E-state index < -0.39 is 36.1 Å². The van der Waals surface area contributed by atoms with Gasteiger partial charge < -0.3 is 15.2 Å². The number of para-hydroxylation sites is 1. The second kappa shape index (κ2) is 10.7. The molecular weight excluding hydrogens is 493 g/mol. The third-order valence-corrected chi connectivity index (χ3v) is 5.83. The Labute approximate surface area is 201 Å². The van der Waals surface area contributed by atoms with Crippen molar-refractivity contribution in [3.63, 3.8) is 0 Å². The van der Waals surface area contributed by atoms with Gasteiger partial charge in [-0.05, 0) is 35.9 Å². The Bertz CT molecular complexity index is 1170. The minimum absolute atomic E-state index is 0.0347. The van der Waals surface area contributed by atoms with Crippen LogP contribution in [0.3, 0.4) is 0 Å². The molecule has 0 aromatic heterocycles. The summed E-state index contributed by atoms with van der Waals surface area (Å²) in [7, 11) is 0. The summed E-state index contributed by atoms with van der Waals surface area (Å²) in [5.74, 6) is -1.98. The molecule has 1 saturated heterocycles. The molecule has 0 radical (unpaired) electrons. The highest BCUT2D eigenvalue weighted by Crippen LogP contribution is 2.35. The lowest BCUT2D eigenvalue weighted by Gasteiger charge is -2.14. The fourth-order valence-corrected chi connectivity index (χ4v) is 4.23. The Kier molecular flexibility index (Phi) is 7.94. The minimum atomic E-state index is -4.62. The molecule has 0 spiro atoms. The van der Waals surface area contributed by atoms with Crippen molar-refractivity contribution in [2.75, 3.05) is 18.5 Å². The van der Waals surface area contributed by atoms with Crippen LogP contribution in [0.15, 0.2) is 53.4 Å². The van der Waals surface area contributed by atoms with Gasteiger partial charge in [-0.2, -0.15) is 13.2 Å². The predicted molar refractivity (Wildman–Crippen MR) is 124 cm³/mol. The van der Waals surface area contributed by atoms with Crippen LogP contribution in [0.2, 0.25) is 0 Å². The van der Waals surface area contributed by atoms with Crippen LogP contribution in [0.25, 0.3) is 6.08 Å². The van der Waals surface area contributed by atoms with E-state index in [-0.39, 0.29) is 28.7 Å². The molecule has 0 unspecified atom stereocenters. The number of rotatable bonds is 8. The van der Waals surface area contributed by atoms with E-state index in [1.54, 1.807) is 30.3 Å². The van der Waals surface area contributed by atoms with Gasteiger partial charge in [0.1, 0.15) is 10.1 Å².